The molecule has 29 heavy (non-hydrogen) atoms. The van der Waals surface area contributed by atoms with E-state index in [4.69, 9.17) is 4.74 Å². The zero-order valence-electron chi connectivity index (χ0n) is 16.4. The van der Waals surface area contributed by atoms with E-state index in [9.17, 15) is 24.3 Å². The number of anilines is 1. The summed E-state index contributed by atoms with van der Waals surface area (Å²) >= 11 is 0. The number of ether oxygens (including phenoxy) is 1. The summed E-state index contributed by atoms with van der Waals surface area (Å²) in [6.45, 7) is 2.43. The lowest BCUT2D eigenvalue weighted by molar-refractivity contribution is -0.149. The third-order valence-corrected chi connectivity index (χ3v) is 4.77. The van der Waals surface area contributed by atoms with Gasteiger partial charge in [-0.1, -0.05) is 12.8 Å². The van der Waals surface area contributed by atoms with Crippen LogP contribution in [0, 0.1) is 11.8 Å². The summed E-state index contributed by atoms with van der Waals surface area (Å²) in [5.74, 6) is -3.07. The summed E-state index contributed by atoms with van der Waals surface area (Å²) in [5.41, 5.74) is 5.12. The Morgan fingerprint density at radius 3 is 2.21 bits per heavy atom. The number of amides is 3. The maximum atomic E-state index is 12.2. The molecule has 3 amide bonds. The molecular formula is C20H27N3O6. The van der Waals surface area contributed by atoms with Crippen LogP contribution in [-0.4, -0.2) is 35.4 Å². The van der Waals surface area contributed by atoms with Crippen molar-refractivity contribution >= 4 is 29.4 Å². The van der Waals surface area contributed by atoms with E-state index in [1.165, 1.54) is 0 Å². The van der Waals surface area contributed by atoms with Crippen LogP contribution < -0.4 is 20.9 Å². The van der Waals surface area contributed by atoms with Gasteiger partial charge in [0.25, 0.3) is 0 Å². The number of hydrazine groups is 1. The maximum Gasteiger partial charge on any atom is 0.307 e. The molecule has 0 aliphatic heterocycles. The Morgan fingerprint density at radius 2 is 1.59 bits per heavy atom. The normalized spacial score (nSPS) is 18.4. The van der Waals surface area contributed by atoms with Crippen molar-refractivity contribution in [1.82, 2.24) is 10.9 Å². The number of hydrogen-bond acceptors (Lipinski definition) is 5. The van der Waals surface area contributed by atoms with Gasteiger partial charge in [0.2, 0.25) is 17.7 Å². The van der Waals surface area contributed by atoms with Crippen molar-refractivity contribution in [3.63, 3.8) is 0 Å². The average molecular weight is 405 g/mol. The van der Waals surface area contributed by atoms with Gasteiger partial charge in [-0.2, -0.15) is 0 Å². The molecule has 9 nitrogen and oxygen atoms in total. The van der Waals surface area contributed by atoms with E-state index in [1.807, 2.05) is 6.92 Å². The van der Waals surface area contributed by atoms with Gasteiger partial charge >= 0.3 is 5.97 Å². The summed E-state index contributed by atoms with van der Waals surface area (Å²) < 4.78 is 5.32. The van der Waals surface area contributed by atoms with E-state index in [1.54, 1.807) is 24.3 Å². The fourth-order valence-electron chi connectivity index (χ4n) is 3.28. The van der Waals surface area contributed by atoms with E-state index >= 15 is 0 Å². The van der Waals surface area contributed by atoms with Crippen LogP contribution in [0.1, 0.15) is 45.4 Å². The highest BCUT2D eigenvalue weighted by Crippen LogP contribution is 2.30. The largest absolute Gasteiger partial charge is 0.494 e. The van der Waals surface area contributed by atoms with Crippen LogP contribution in [0.5, 0.6) is 5.75 Å². The fourth-order valence-corrected chi connectivity index (χ4v) is 3.28. The Morgan fingerprint density at radius 1 is 0.966 bits per heavy atom. The highest BCUT2D eigenvalue weighted by atomic mass is 16.5. The first-order valence-corrected chi connectivity index (χ1v) is 9.75. The predicted octanol–water partition coefficient (Wildman–Crippen LogP) is 1.84. The smallest absolute Gasteiger partial charge is 0.307 e. The second-order valence-electron chi connectivity index (χ2n) is 6.88. The van der Waals surface area contributed by atoms with Crippen molar-refractivity contribution in [2.45, 2.75) is 45.4 Å². The van der Waals surface area contributed by atoms with Crippen molar-refractivity contribution in [2.75, 3.05) is 11.9 Å². The van der Waals surface area contributed by atoms with Gasteiger partial charge in [-0.25, -0.2) is 0 Å². The Hall–Kier alpha value is -3.10. The van der Waals surface area contributed by atoms with Gasteiger partial charge in [0.05, 0.1) is 18.4 Å². The van der Waals surface area contributed by atoms with Gasteiger partial charge in [-0.15, -0.1) is 0 Å². The molecule has 0 radical (unpaired) electrons. The molecule has 4 N–H and O–H groups in total. The van der Waals surface area contributed by atoms with Gasteiger partial charge in [0.1, 0.15) is 5.75 Å². The molecule has 0 heterocycles. The third kappa shape index (κ3) is 7.10. The first-order valence-electron chi connectivity index (χ1n) is 9.75. The van der Waals surface area contributed by atoms with Gasteiger partial charge in [0.15, 0.2) is 0 Å². The SMILES string of the molecule is CCOc1ccc(NC(=O)CCC(=O)NNC(=O)[C@H]2CCCC[C@H]2C(=O)O)cc1. The molecule has 2 atom stereocenters. The number of carboxylic acids is 1. The van der Waals surface area contributed by atoms with Crippen molar-refractivity contribution < 1.29 is 29.0 Å². The summed E-state index contributed by atoms with van der Waals surface area (Å²) in [4.78, 5) is 47.3. The molecule has 1 aromatic rings. The summed E-state index contributed by atoms with van der Waals surface area (Å²) in [7, 11) is 0. The van der Waals surface area contributed by atoms with E-state index in [2.05, 4.69) is 16.2 Å². The highest BCUT2D eigenvalue weighted by molar-refractivity contribution is 5.93. The van der Waals surface area contributed by atoms with Crippen LogP contribution in [0.3, 0.4) is 0 Å². The summed E-state index contributed by atoms with van der Waals surface area (Å²) in [6.07, 6.45) is 2.31. The van der Waals surface area contributed by atoms with Crippen LogP contribution in [0.4, 0.5) is 5.69 Å². The minimum absolute atomic E-state index is 0.0594. The molecular weight excluding hydrogens is 378 g/mol. The maximum absolute atomic E-state index is 12.2. The molecule has 1 saturated carbocycles. The van der Waals surface area contributed by atoms with E-state index in [-0.39, 0.29) is 18.7 Å². The fraction of sp³-hybridized carbons (Fsp3) is 0.500. The van der Waals surface area contributed by atoms with Crippen LogP contribution in [0.2, 0.25) is 0 Å². The summed E-state index contributed by atoms with van der Waals surface area (Å²) in [5, 5.41) is 11.9. The lowest BCUT2D eigenvalue weighted by Crippen LogP contribution is -2.48. The zero-order chi connectivity index (χ0) is 21.2. The zero-order valence-corrected chi connectivity index (χ0v) is 16.4. The Bertz CT molecular complexity index is 734. The van der Waals surface area contributed by atoms with E-state index in [0.717, 1.165) is 12.8 Å². The Labute approximate surface area is 169 Å². The van der Waals surface area contributed by atoms with Crippen molar-refractivity contribution in [1.29, 1.82) is 0 Å². The first kappa shape index (κ1) is 22.2. The Kier molecular flexibility index (Phi) is 8.45. The van der Waals surface area contributed by atoms with Crippen LogP contribution in [0.25, 0.3) is 0 Å². The van der Waals surface area contributed by atoms with E-state index < -0.39 is 29.6 Å². The van der Waals surface area contributed by atoms with Crippen LogP contribution >= 0.6 is 0 Å². The number of carboxylic acid groups (broad SMARTS) is 1. The second-order valence-corrected chi connectivity index (χ2v) is 6.88. The van der Waals surface area contributed by atoms with Crippen LogP contribution in [-0.2, 0) is 19.2 Å². The molecule has 1 aromatic carbocycles. The number of carbonyl (C=O) groups excluding carboxylic acids is 3. The quantitative estimate of drug-likeness (QED) is 0.488. The minimum atomic E-state index is -0.998. The highest BCUT2D eigenvalue weighted by Gasteiger charge is 2.35. The van der Waals surface area contributed by atoms with E-state index in [0.29, 0.717) is 30.9 Å². The molecule has 1 aliphatic carbocycles. The third-order valence-electron chi connectivity index (χ3n) is 4.77. The first-order chi connectivity index (χ1) is 13.9. The van der Waals surface area contributed by atoms with Gasteiger partial charge in [0, 0.05) is 18.5 Å². The number of nitrogens with one attached hydrogen (secondary N) is 3. The number of aliphatic carboxylic acids is 1. The minimum Gasteiger partial charge on any atom is -0.494 e. The standard InChI is InChI=1S/C20H27N3O6/c1-2-29-14-9-7-13(8-10-14)21-17(24)11-12-18(25)22-23-19(26)15-5-3-4-6-16(15)20(27)28/h7-10,15-16H,2-6,11-12H2,1H3,(H,21,24)(H,22,25)(H,23,26)(H,27,28)/t15-,16+/m0/s1. The summed E-state index contributed by atoms with van der Waals surface area (Å²) in [6, 6.07) is 6.87. The lowest BCUT2D eigenvalue weighted by atomic mass is 9.79. The van der Waals surface area contributed by atoms with Crippen molar-refractivity contribution in [3.05, 3.63) is 24.3 Å². The molecule has 1 aliphatic rings. The molecule has 0 saturated heterocycles. The number of rotatable bonds is 8. The average Bonchev–Trinajstić information content (AvgIpc) is 2.72. The van der Waals surface area contributed by atoms with Gasteiger partial charge in [-0.3, -0.25) is 30.0 Å². The molecule has 1 fully saturated rings. The second kappa shape index (κ2) is 11.0. The number of carbonyl (C=O) groups is 4. The lowest BCUT2D eigenvalue weighted by Gasteiger charge is -2.27. The number of hydrogen-bond donors (Lipinski definition) is 4. The molecule has 2 rings (SSSR count). The molecule has 0 spiro atoms. The molecule has 0 aromatic heterocycles. The molecule has 158 valence electrons. The molecule has 0 bridgehead atoms. The monoisotopic (exact) mass is 405 g/mol. The molecule has 9 heteroatoms. The predicted molar refractivity (Wildman–Crippen MR) is 105 cm³/mol. The Balaban J connectivity index is 1.71. The van der Waals surface area contributed by atoms with Crippen molar-refractivity contribution in [2.24, 2.45) is 11.8 Å². The van der Waals surface area contributed by atoms with Crippen molar-refractivity contribution in [3.8, 4) is 5.75 Å². The van der Waals surface area contributed by atoms with Gasteiger partial charge in [-0.05, 0) is 44.0 Å². The van der Waals surface area contributed by atoms with Gasteiger partial charge < -0.3 is 15.2 Å². The number of benzene rings is 1. The van der Waals surface area contributed by atoms with Crippen LogP contribution in [0.15, 0.2) is 24.3 Å². The topological polar surface area (TPSA) is 134 Å². The molecule has 0 unspecified atom stereocenters.